The third kappa shape index (κ3) is 4.45. The van der Waals surface area contributed by atoms with E-state index in [0.29, 0.717) is 61.6 Å². The van der Waals surface area contributed by atoms with Gasteiger partial charge < -0.3 is 20.2 Å². The maximum absolute atomic E-state index is 12.7. The van der Waals surface area contributed by atoms with Crippen LogP contribution in [0, 0.1) is 6.57 Å². The summed E-state index contributed by atoms with van der Waals surface area (Å²) < 4.78 is 5.53. The lowest BCUT2D eigenvalue weighted by atomic mass is 9.98. The van der Waals surface area contributed by atoms with Crippen molar-refractivity contribution in [2.75, 3.05) is 36.9 Å². The Morgan fingerprint density at radius 3 is 2.51 bits per heavy atom. The van der Waals surface area contributed by atoms with E-state index < -0.39 is 5.54 Å². The van der Waals surface area contributed by atoms with E-state index in [1.807, 2.05) is 36.5 Å². The quantitative estimate of drug-likeness (QED) is 0.404. The summed E-state index contributed by atoms with van der Waals surface area (Å²) in [4.78, 5) is 41.0. The molecule has 2 fully saturated rings. The molecule has 6 rings (SSSR count). The Kier molecular flexibility index (Phi) is 5.70. The van der Waals surface area contributed by atoms with Gasteiger partial charge in [-0.2, -0.15) is 0 Å². The van der Waals surface area contributed by atoms with E-state index >= 15 is 0 Å². The summed E-state index contributed by atoms with van der Waals surface area (Å²) in [6, 6.07) is 9.80. The number of nitrogen functional groups attached to an aromatic ring is 1. The van der Waals surface area contributed by atoms with Gasteiger partial charge in [0.1, 0.15) is 5.52 Å². The second-order valence-corrected chi connectivity index (χ2v) is 9.34. The molecule has 10 nitrogen and oxygen atoms in total. The average molecular weight is 493 g/mol. The van der Waals surface area contributed by atoms with E-state index in [9.17, 15) is 4.79 Å². The number of ketones is 1. The minimum absolute atomic E-state index is 0.00506. The van der Waals surface area contributed by atoms with Gasteiger partial charge in [0.05, 0.1) is 24.3 Å². The number of hydrogen-bond donors (Lipinski definition) is 1. The van der Waals surface area contributed by atoms with E-state index in [1.54, 1.807) is 12.4 Å². The van der Waals surface area contributed by atoms with Crippen LogP contribution in [-0.2, 0) is 16.0 Å². The number of benzene rings is 1. The highest BCUT2D eigenvalue weighted by Gasteiger charge is 2.57. The molecule has 37 heavy (non-hydrogen) atoms. The molecular weight excluding hydrogens is 468 g/mol. The molecule has 2 N–H and O–H groups in total. The lowest BCUT2D eigenvalue weighted by Gasteiger charge is -2.28. The lowest BCUT2D eigenvalue weighted by Crippen LogP contribution is -2.37. The molecule has 1 aliphatic carbocycles. The summed E-state index contributed by atoms with van der Waals surface area (Å²) >= 11 is 0. The van der Waals surface area contributed by atoms with Crippen molar-refractivity contribution in [1.82, 2.24) is 24.9 Å². The molecule has 0 atom stereocenters. The van der Waals surface area contributed by atoms with Crippen molar-refractivity contribution in [1.29, 1.82) is 0 Å². The number of nitrogens with two attached hydrogens (primary N) is 1. The molecule has 0 bridgehead atoms. The number of carbonyl (C=O) groups is 1. The number of fused-ring (bicyclic) bond motifs is 1. The molecule has 4 heterocycles. The SMILES string of the molecule is [C-]#[N+]C1(C(=O)Cc2cccc(-c3cnc4c(N5CCOCC5)nc(-c5cnc(N)nc5)nc4c3)c2)CC1. The normalized spacial score (nSPS) is 16.4. The third-order valence-corrected chi connectivity index (χ3v) is 6.84. The van der Waals surface area contributed by atoms with Crippen LogP contribution in [0.1, 0.15) is 18.4 Å². The standard InChI is InChI=1S/C27H24N8O2/c1-29-27(5-6-27)22(36)12-17-3-2-4-18(11-17)19-13-21-23(30-14-19)25(35-7-9-37-10-8-35)34-24(33-21)20-15-31-26(28)32-16-20/h2-4,11,13-16H,5-10,12H2,(H2,28,31,32). The van der Waals surface area contributed by atoms with Crippen molar-refractivity contribution >= 4 is 28.6 Å². The molecule has 1 saturated heterocycles. The van der Waals surface area contributed by atoms with Gasteiger partial charge in [-0.15, -0.1) is 0 Å². The molecule has 1 saturated carbocycles. The van der Waals surface area contributed by atoms with Crippen LogP contribution in [-0.4, -0.2) is 62.5 Å². The van der Waals surface area contributed by atoms with Crippen LogP contribution < -0.4 is 10.6 Å². The molecule has 0 unspecified atom stereocenters. The molecule has 4 aromatic rings. The molecule has 0 radical (unpaired) electrons. The van der Waals surface area contributed by atoms with Gasteiger partial charge in [0.25, 0.3) is 5.54 Å². The number of anilines is 2. The van der Waals surface area contributed by atoms with Crippen molar-refractivity contribution in [3.05, 3.63) is 65.9 Å². The fourth-order valence-electron chi connectivity index (χ4n) is 4.52. The number of aromatic nitrogens is 5. The molecule has 0 spiro atoms. The zero-order valence-electron chi connectivity index (χ0n) is 20.1. The minimum atomic E-state index is -0.796. The summed E-state index contributed by atoms with van der Waals surface area (Å²) in [5.74, 6) is 1.40. The molecular formula is C27H24N8O2. The van der Waals surface area contributed by atoms with E-state index in [2.05, 4.69) is 19.7 Å². The Hall–Kier alpha value is -4.49. The lowest BCUT2D eigenvalue weighted by molar-refractivity contribution is -0.119. The van der Waals surface area contributed by atoms with Gasteiger partial charge in [0.2, 0.25) is 11.7 Å². The Bertz CT molecular complexity index is 1540. The van der Waals surface area contributed by atoms with Crippen LogP contribution in [0.3, 0.4) is 0 Å². The molecule has 1 aromatic carbocycles. The molecule has 10 heteroatoms. The van der Waals surface area contributed by atoms with Crippen LogP contribution in [0.4, 0.5) is 11.8 Å². The zero-order valence-corrected chi connectivity index (χ0v) is 20.1. The Morgan fingerprint density at radius 2 is 1.78 bits per heavy atom. The van der Waals surface area contributed by atoms with Gasteiger partial charge in [-0.3, -0.25) is 9.78 Å². The minimum Gasteiger partial charge on any atom is -0.378 e. The van der Waals surface area contributed by atoms with E-state index in [-0.39, 0.29) is 18.2 Å². The zero-order chi connectivity index (χ0) is 25.4. The third-order valence-electron chi connectivity index (χ3n) is 6.84. The Balaban J connectivity index is 1.40. The fraction of sp³-hybridized carbons (Fsp3) is 0.296. The van der Waals surface area contributed by atoms with Crippen molar-refractivity contribution < 1.29 is 9.53 Å². The Labute approximate surface area is 213 Å². The van der Waals surface area contributed by atoms with Crippen LogP contribution >= 0.6 is 0 Å². The number of rotatable bonds is 6. The summed E-state index contributed by atoms with van der Waals surface area (Å²) in [6.07, 6.45) is 6.61. The van der Waals surface area contributed by atoms with Crippen LogP contribution in [0.2, 0.25) is 0 Å². The summed E-state index contributed by atoms with van der Waals surface area (Å²) in [7, 11) is 0. The number of pyridine rings is 1. The van der Waals surface area contributed by atoms with Crippen molar-refractivity contribution in [3.63, 3.8) is 0 Å². The maximum atomic E-state index is 12.7. The second kappa shape index (κ2) is 9.19. The summed E-state index contributed by atoms with van der Waals surface area (Å²) in [5, 5.41) is 0. The van der Waals surface area contributed by atoms with Gasteiger partial charge in [-0.1, -0.05) is 24.3 Å². The first kappa shape index (κ1) is 22.9. The van der Waals surface area contributed by atoms with E-state index in [1.165, 1.54) is 0 Å². The monoisotopic (exact) mass is 492 g/mol. The molecule has 184 valence electrons. The van der Waals surface area contributed by atoms with E-state index in [4.69, 9.17) is 32.0 Å². The van der Waals surface area contributed by atoms with Gasteiger partial charge >= 0.3 is 0 Å². The smallest absolute Gasteiger partial charge is 0.290 e. The highest BCUT2D eigenvalue weighted by molar-refractivity contribution is 5.95. The predicted molar refractivity (Wildman–Crippen MR) is 139 cm³/mol. The highest BCUT2D eigenvalue weighted by Crippen LogP contribution is 2.41. The first-order valence-electron chi connectivity index (χ1n) is 12.1. The topological polar surface area (TPSA) is 124 Å². The van der Waals surface area contributed by atoms with Gasteiger partial charge in [-0.25, -0.2) is 26.5 Å². The molecule has 2 aliphatic rings. The fourth-order valence-corrected chi connectivity index (χ4v) is 4.52. The van der Waals surface area contributed by atoms with E-state index in [0.717, 1.165) is 22.5 Å². The van der Waals surface area contributed by atoms with Crippen LogP contribution in [0.25, 0.3) is 38.4 Å². The second-order valence-electron chi connectivity index (χ2n) is 9.34. The van der Waals surface area contributed by atoms with Gasteiger partial charge in [0, 0.05) is 56.5 Å². The maximum Gasteiger partial charge on any atom is 0.290 e. The number of nitrogens with zero attached hydrogens (tertiary/aromatic N) is 7. The summed E-state index contributed by atoms with van der Waals surface area (Å²) in [5.41, 5.74) is 9.61. The predicted octanol–water partition coefficient (Wildman–Crippen LogP) is 3.13. The molecule has 3 aromatic heterocycles. The van der Waals surface area contributed by atoms with Gasteiger partial charge in [-0.05, 0) is 17.2 Å². The largest absolute Gasteiger partial charge is 0.378 e. The number of morpholine rings is 1. The number of carbonyl (C=O) groups excluding carboxylic acids is 1. The highest BCUT2D eigenvalue weighted by atomic mass is 16.5. The van der Waals surface area contributed by atoms with Gasteiger partial charge in [0.15, 0.2) is 11.6 Å². The number of ether oxygens (including phenoxy) is 1. The summed E-state index contributed by atoms with van der Waals surface area (Å²) in [6.45, 7) is 10.00. The van der Waals surface area contributed by atoms with Crippen molar-refractivity contribution in [2.45, 2.75) is 24.8 Å². The first-order valence-corrected chi connectivity index (χ1v) is 12.1. The van der Waals surface area contributed by atoms with Crippen molar-refractivity contribution in [3.8, 4) is 22.5 Å². The van der Waals surface area contributed by atoms with Crippen molar-refractivity contribution in [2.24, 2.45) is 0 Å². The molecule has 0 amide bonds. The average Bonchev–Trinajstić information content (AvgIpc) is 3.75. The number of Topliss-reactive ketones (excluding diaryl/α,β-unsaturated/α-hetero) is 1. The van der Waals surface area contributed by atoms with Crippen LogP contribution in [0.5, 0.6) is 0 Å². The van der Waals surface area contributed by atoms with Crippen LogP contribution in [0.15, 0.2) is 48.9 Å². The molecule has 1 aliphatic heterocycles. The first-order chi connectivity index (χ1) is 18.0. The Morgan fingerprint density at radius 1 is 1.03 bits per heavy atom. The number of hydrogen-bond acceptors (Lipinski definition) is 9.